The van der Waals surface area contributed by atoms with E-state index in [1.54, 1.807) is 4.90 Å². The first-order chi connectivity index (χ1) is 7.09. The van der Waals surface area contributed by atoms with Gasteiger partial charge in [-0.1, -0.05) is 0 Å². The van der Waals surface area contributed by atoms with Crippen LogP contribution in [0, 0.1) is 0 Å². The van der Waals surface area contributed by atoms with Gasteiger partial charge in [-0.25, -0.2) is 4.79 Å². The summed E-state index contributed by atoms with van der Waals surface area (Å²) >= 11 is 0. The Kier molecular flexibility index (Phi) is 2.18. The van der Waals surface area contributed by atoms with Gasteiger partial charge in [0.1, 0.15) is 5.69 Å². The van der Waals surface area contributed by atoms with Crippen LogP contribution in [0.5, 0.6) is 0 Å². The molecule has 1 aliphatic rings. The molecule has 0 spiro atoms. The average Bonchev–Trinajstić information content (AvgIpc) is 2.48. The Morgan fingerprint density at radius 3 is 2.73 bits per heavy atom. The predicted molar refractivity (Wildman–Crippen MR) is 50.5 cm³/mol. The molecule has 1 N–H and O–H groups in total. The Morgan fingerprint density at radius 2 is 2.20 bits per heavy atom. The predicted octanol–water partition coefficient (Wildman–Crippen LogP) is -0.0155. The normalized spacial score (nSPS) is 16.2. The van der Waals surface area contributed by atoms with Crippen LogP contribution in [0.15, 0.2) is 12.3 Å². The molecule has 0 saturated carbocycles. The lowest BCUT2D eigenvalue weighted by atomic mass is 10.1. The van der Waals surface area contributed by atoms with Crippen molar-refractivity contribution in [1.82, 2.24) is 14.7 Å². The van der Waals surface area contributed by atoms with Crippen LogP contribution in [0.3, 0.4) is 0 Å². The van der Waals surface area contributed by atoms with Gasteiger partial charge in [-0.15, -0.1) is 0 Å². The van der Waals surface area contributed by atoms with Gasteiger partial charge in [0, 0.05) is 26.2 Å². The Hall–Kier alpha value is -1.85. The fraction of sp³-hybridized carbons (Fsp3) is 0.444. The highest BCUT2D eigenvalue weighted by Crippen LogP contribution is 2.21. The molecule has 2 rings (SSSR count). The smallest absolute Gasteiger partial charge is 0.354 e. The number of carboxylic acids is 1. The molecule has 0 aromatic carbocycles. The average molecular weight is 209 g/mol. The zero-order valence-corrected chi connectivity index (χ0v) is 8.25. The minimum absolute atomic E-state index is 0.00463. The third kappa shape index (κ3) is 1.58. The fourth-order valence-electron chi connectivity index (χ4n) is 1.64. The van der Waals surface area contributed by atoms with Crippen molar-refractivity contribution in [1.29, 1.82) is 0 Å². The standard InChI is InChI=1S/C9H11N3O3/c1-6(13)11-4-7(5-11)12-8(9(14)15)2-3-10-12/h2-3,7H,4-5H2,1H3,(H,14,15). The van der Waals surface area contributed by atoms with E-state index >= 15 is 0 Å². The number of rotatable bonds is 2. The molecule has 1 aliphatic heterocycles. The fourth-order valence-corrected chi connectivity index (χ4v) is 1.64. The lowest BCUT2D eigenvalue weighted by molar-refractivity contribution is -0.134. The van der Waals surface area contributed by atoms with Crippen LogP contribution in [0.4, 0.5) is 0 Å². The molecule has 6 heteroatoms. The van der Waals surface area contributed by atoms with Crippen LogP contribution in [0.1, 0.15) is 23.5 Å². The molecule has 1 aromatic rings. The number of aromatic carboxylic acids is 1. The third-order valence-corrected chi connectivity index (χ3v) is 2.54. The first-order valence-electron chi connectivity index (χ1n) is 4.62. The van der Waals surface area contributed by atoms with E-state index in [-0.39, 0.29) is 17.6 Å². The molecule has 0 aliphatic carbocycles. The van der Waals surface area contributed by atoms with E-state index in [9.17, 15) is 9.59 Å². The summed E-state index contributed by atoms with van der Waals surface area (Å²) in [6.07, 6.45) is 1.46. The van der Waals surface area contributed by atoms with Gasteiger partial charge in [-0.2, -0.15) is 5.10 Å². The van der Waals surface area contributed by atoms with Crippen molar-refractivity contribution in [2.75, 3.05) is 13.1 Å². The van der Waals surface area contributed by atoms with E-state index in [2.05, 4.69) is 5.10 Å². The molecule has 0 bridgehead atoms. The second kappa shape index (κ2) is 3.38. The molecule has 1 aromatic heterocycles. The summed E-state index contributed by atoms with van der Waals surface area (Å²) in [7, 11) is 0. The lowest BCUT2D eigenvalue weighted by Gasteiger charge is -2.38. The number of amides is 1. The number of hydrogen-bond acceptors (Lipinski definition) is 3. The highest BCUT2D eigenvalue weighted by Gasteiger charge is 2.32. The number of carbonyl (C=O) groups excluding carboxylic acids is 1. The Balaban J connectivity index is 2.10. The van der Waals surface area contributed by atoms with Gasteiger partial charge in [0.25, 0.3) is 0 Å². The maximum Gasteiger partial charge on any atom is 0.354 e. The number of carbonyl (C=O) groups is 2. The maximum atomic E-state index is 10.9. The summed E-state index contributed by atoms with van der Waals surface area (Å²) in [5, 5.41) is 12.8. The van der Waals surface area contributed by atoms with Crippen LogP contribution in [-0.4, -0.2) is 44.8 Å². The highest BCUT2D eigenvalue weighted by atomic mass is 16.4. The van der Waals surface area contributed by atoms with Crippen molar-refractivity contribution in [3.63, 3.8) is 0 Å². The zero-order valence-electron chi connectivity index (χ0n) is 8.25. The van der Waals surface area contributed by atoms with Gasteiger partial charge < -0.3 is 10.0 Å². The Labute approximate surface area is 86.1 Å². The molecule has 0 unspecified atom stereocenters. The quantitative estimate of drug-likeness (QED) is 0.743. The van der Waals surface area contributed by atoms with Crippen molar-refractivity contribution in [3.05, 3.63) is 18.0 Å². The largest absolute Gasteiger partial charge is 0.477 e. The SMILES string of the molecule is CC(=O)N1CC(n2nccc2C(=O)O)C1. The molecular formula is C9H11N3O3. The number of aromatic nitrogens is 2. The van der Waals surface area contributed by atoms with Crippen molar-refractivity contribution < 1.29 is 14.7 Å². The number of nitrogens with zero attached hydrogens (tertiary/aromatic N) is 3. The van der Waals surface area contributed by atoms with E-state index in [0.29, 0.717) is 13.1 Å². The molecule has 1 amide bonds. The molecule has 1 fully saturated rings. The minimum atomic E-state index is -0.992. The molecule has 80 valence electrons. The summed E-state index contributed by atoms with van der Waals surface area (Å²) in [6, 6.07) is 1.45. The summed E-state index contributed by atoms with van der Waals surface area (Å²) in [5.74, 6) is -0.982. The minimum Gasteiger partial charge on any atom is -0.477 e. The van der Waals surface area contributed by atoms with Gasteiger partial charge in [0.05, 0.1) is 6.04 Å². The van der Waals surface area contributed by atoms with E-state index in [4.69, 9.17) is 5.11 Å². The number of hydrogen-bond donors (Lipinski definition) is 1. The summed E-state index contributed by atoms with van der Waals surface area (Å²) in [6.45, 7) is 2.58. The zero-order chi connectivity index (χ0) is 11.0. The van der Waals surface area contributed by atoms with Crippen molar-refractivity contribution in [3.8, 4) is 0 Å². The summed E-state index contributed by atoms with van der Waals surface area (Å²) in [4.78, 5) is 23.4. The van der Waals surface area contributed by atoms with Crippen LogP contribution in [0.25, 0.3) is 0 Å². The van der Waals surface area contributed by atoms with E-state index in [0.717, 1.165) is 0 Å². The van der Waals surface area contributed by atoms with Gasteiger partial charge in [0.2, 0.25) is 5.91 Å². The van der Waals surface area contributed by atoms with E-state index in [1.165, 1.54) is 23.9 Å². The molecule has 0 atom stereocenters. The third-order valence-electron chi connectivity index (χ3n) is 2.54. The monoisotopic (exact) mass is 209 g/mol. The van der Waals surface area contributed by atoms with Crippen LogP contribution in [0.2, 0.25) is 0 Å². The molecule has 6 nitrogen and oxygen atoms in total. The second-order valence-electron chi connectivity index (χ2n) is 3.54. The summed E-state index contributed by atoms with van der Waals surface area (Å²) in [5.41, 5.74) is 0.170. The summed E-state index contributed by atoms with van der Waals surface area (Å²) < 4.78 is 1.46. The van der Waals surface area contributed by atoms with Crippen LogP contribution < -0.4 is 0 Å². The van der Waals surface area contributed by atoms with Gasteiger partial charge in [-0.05, 0) is 6.07 Å². The van der Waals surface area contributed by atoms with Crippen molar-refractivity contribution in [2.24, 2.45) is 0 Å². The number of carboxylic acid groups (broad SMARTS) is 1. The molecule has 1 saturated heterocycles. The first kappa shape index (κ1) is 9.70. The van der Waals surface area contributed by atoms with Crippen LogP contribution in [-0.2, 0) is 4.79 Å². The van der Waals surface area contributed by atoms with Crippen molar-refractivity contribution >= 4 is 11.9 Å². The topological polar surface area (TPSA) is 75.4 Å². The lowest BCUT2D eigenvalue weighted by Crippen LogP contribution is -2.50. The second-order valence-corrected chi connectivity index (χ2v) is 3.54. The van der Waals surface area contributed by atoms with E-state index < -0.39 is 5.97 Å². The Morgan fingerprint density at radius 1 is 1.53 bits per heavy atom. The van der Waals surface area contributed by atoms with Gasteiger partial charge in [-0.3, -0.25) is 9.48 Å². The molecule has 0 radical (unpaired) electrons. The van der Waals surface area contributed by atoms with Gasteiger partial charge in [0.15, 0.2) is 0 Å². The van der Waals surface area contributed by atoms with E-state index in [1.807, 2.05) is 0 Å². The first-order valence-corrected chi connectivity index (χ1v) is 4.62. The van der Waals surface area contributed by atoms with Crippen LogP contribution >= 0.6 is 0 Å². The van der Waals surface area contributed by atoms with Gasteiger partial charge >= 0.3 is 5.97 Å². The highest BCUT2D eigenvalue weighted by molar-refractivity contribution is 5.85. The number of likely N-dealkylation sites (tertiary alicyclic amines) is 1. The maximum absolute atomic E-state index is 10.9. The molecular weight excluding hydrogens is 198 g/mol. The molecule has 15 heavy (non-hydrogen) atoms. The molecule has 2 heterocycles. The Bertz CT molecular complexity index is 406. The van der Waals surface area contributed by atoms with Crippen molar-refractivity contribution in [2.45, 2.75) is 13.0 Å².